The van der Waals surface area contributed by atoms with E-state index < -0.39 is 0 Å². The minimum atomic E-state index is -0.266. The van der Waals surface area contributed by atoms with Crippen molar-refractivity contribution in [3.8, 4) is 11.5 Å². The van der Waals surface area contributed by atoms with Gasteiger partial charge in [-0.05, 0) is 23.6 Å². The molecule has 1 aromatic carbocycles. The third kappa shape index (κ3) is 4.01. The van der Waals surface area contributed by atoms with E-state index in [1.807, 2.05) is 29.6 Å². The highest BCUT2D eigenvalue weighted by molar-refractivity contribution is 7.12. The van der Waals surface area contributed by atoms with Crippen LogP contribution in [0.15, 0.2) is 41.8 Å². The quantitative estimate of drug-likeness (QED) is 0.868. The van der Waals surface area contributed by atoms with E-state index in [0.29, 0.717) is 29.5 Å². The van der Waals surface area contributed by atoms with Crippen molar-refractivity contribution in [3.05, 3.63) is 46.7 Å². The number of amides is 2. The summed E-state index contributed by atoms with van der Waals surface area (Å²) in [4.78, 5) is 24.1. The van der Waals surface area contributed by atoms with E-state index >= 15 is 0 Å². The standard InChI is InChI=1S/C16H16N2O4S/c19-15(9-18-16(20)14-6-3-7-23-14)17-8-11-10-21-12-4-1-2-5-13(12)22-11/h1-7,11H,8-10H2,(H,17,19)(H,18,20)/t11-/m0/s1. The molecule has 6 nitrogen and oxygen atoms in total. The molecule has 2 amide bonds. The molecule has 1 aliphatic heterocycles. The lowest BCUT2D eigenvalue weighted by atomic mass is 10.2. The van der Waals surface area contributed by atoms with Crippen LogP contribution in [0.5, 0.6) is 11.5 Å². The van der Waals surface area contributed by atoms with Gasteiger partial charge in [0, 0.05) is 0 Å². The van der Waals surface area contributed by atoms with E-state index in [-0.39, 0.29) is 24.5 Å². The molecule has 23 heavy (non-hydrogen) atoms. The van der Waals surface area contributed by atoms with Crippen molar-refractivity contribution in [1.29, 1.82) is 0 Å². The summed E-state index contributed by atoms with van der Waals surface area (Å²) in [7, 11) is 0. The molecule has 0 saturated carbocycles. The number of carbonyl (C=O) groups is 2. The summed E-state index contributed by atoms with van der Waals surface area (Å²) in [5.41, 5.74) is 0. The van der Waals surface area contributed by atoms with Gasteiger partial charge in [0.25, 0.3) is 5.91 Å². The van der Waals surface area contributed by atoms with Crippen molar-refractivity contribution in [2.75, 3.05) is 19.7 Å². The second-order valence-corrected chi connectivity index (χ2v) is 5.91. The van der Waals surface area contributed by atoms with Crippen LogP contribution in [-0.2, 0) is 4.79 Å². The number of hydrogen-bond donors (Lipinski definition) is 2. The first-order chi connectivity index (χ1) is 11.2. The average molecular weight is 332 g/mol. The van der Waals surface area contributed by atoms with Crippen LogP contribution in [0.3, 0.4) is 0 Å². The van der Waals surface area contributed by atoms with Crippen LogP contribution in [-0.4, -0.2) is 37.6 Å². The first-order valence-corrected chi connectivity index (χ1v) is 8.07. The van der Waals surface area contributed by atoms with Crippen molar-refractivity contribution in [2.45, 2.75) is 6.10 Å². The van der Waals surface area contributed by atoms with Crippen molar-refractivity contribution in [1.82, 2.24) is 10.6 Å². The van der Waals surface area contributed by atoms with E-state index in [4.69, 9.17) is 9.47 Å². The predicted molar refractivity (Wildman–Crippen MR) is 86.0 cm³/mol. The van der Waals surface area contributed by atoms with Crippen LogP contribution >= 0.6 is 11.3 Å². The van der Waals surface area contributed by atoms with Gasteiger partial charge in [0.15, 0.2) is 11.5 Å². The highest BCUT2D eigenvalue weighted by Gasteiger charge is 2.21. The summed E-state index contributed by atoms with van der Waals surface area (Å²) < 4.78 is 11.3. The van der Waals surface area contributed by atoms with Gasteiger partial charge < -0.3 is 20.1 Å². The minimum Gasteiger partial charge on any atom is -0.486 e. The van der Waals surface area contributed by atoms with Crippen LogP contribution in [0.1, 0.15) is 9.67 Å². The van der Waals surface area contributed by atoms with Crippen LogP contribution in [0.4, 0.5) is 0 Å². The number of nitrogens with one attached hydrogen (secondary N) is 2. The number of fused-ring (bicyclic) bond motifs is 1. The van der Waals surface area contributed by atoms with E-state index in [2.05, 4.69) is 10.6 Å². The molecule has 0 saturated heterocycles. The smallest absolute Gasteiger partial charge is 0.261 e. The number of carbonyl (C=O) groups excluding carboxylic acids is 2. The van der Waals surface area contributed by atoms with Crippen molar-refractivity contribution in [3.63, 3.8) is 0 Å². The Morgan fingerprint density at radius 1 is 1.13 bits per heavy atom. The Morgan fingerprint density at radius 2 is 1.96 bits per heavy atom. The highest BCUT2D eigenvalue weighted by atomic mass is 32.1. The zero-order valence-electron chi connectivity index (χ0n) is 12.3. The van der Waals surface area contributed by atoms with E-state index in [0.717, 1.165) is 0 Å². The largest absolute Gasteiger partial charge is 0.486 e. The molecule has 2 heterocycles. The molecule has 1 aromatic heterocycles. The van der Waals surface area contributed by atoms with E-state index in [1.54, 1.807) is 12.1 Å². The number of hydrogen-bond acceptors (Lipinski definition) is 5. The normalized spacial score (nSPS) is 15.7. The predicted octanol–water partition coefficient (Wildman–Crippen LogP) is 1.43. The Hall–Kier alpha value is -2.54. The van der Waals surface area contributed by atoms with Crippen molar-refractivity contribution in [2.24, 2.45) is 0 Å². The van der Waals surface area contributed by atoms with Gasteiger partial charge >= 0.3 is 0 Å². The Morgan fingerprint density at radius 3 is 2.74 bits per heavy atom. The highest BCUT2D eigenvalue weighted by Crippen LogP contribution is 2.30. The summed E-state index contributed by atoms with van der Waals surface area (Å²) in [5, 5.41) is 7.12. The fourth-order valence-electron chi connectivity index (χ4n) is 2.11. The summed E-state index contributed by atoms with van der Waals surface area (Å²) in [5.74, 6) is 0.862. The zero-order chi connectivity index (χ0) is 16.1. The van der Waals surface area contributed by atoms with E-state index in [9.17, 15) is 9.59 Å². The third-order valence-corrected chi connectivity index (χ3v) is 4.12. The summed E-state index contributed by atoms with van der Waals surface area (Å²) in [6.45, 7) is 0.627. The molecule has 0 aliphatic carbocycles. The maximum Gasteiger partial charge on any atom is 0.261 e. The van der Waals surface area contributed by atoms with Gasteiger partial charge in [-0.15, -0.1) is 11.3 Å². The monoisotopic (exact) mass is 332 g/mol. The van der Waals surface area contributed by atoms with Gasteiger partial charge in [-0.3, -0.25) is 9.59 Å². The fraction of sp³-hybridized carbons (Fsp3) is 0.250. The molecule has 1 aliphatic rings. The molecule has 0 spiro atoms. The SMILES string of the molecule is O=C(CNC(=O)c1cccs1)NC[C@H]1COc2ccccc2O1. The molecule has 0 radical (unpaired) electrons. The third-order valence-electron chi connectivity index (χ3n) is 3.25. The van der Waals surface area contributed by atoms with Crippen molar-refractivity contribution >= 4 is 23.2 Å². The fourth-order valence-corrected chi connectivity index (χ4v) is 2.75. The van der Waals surface area contributed by atoms with Crippen molar-refractivity contribution < 1.29 is 19.1 Å². The van der Waals surface area contributed by atoms with Gasteiger partial charge in [-0.1, -0.05) is 18.2 Å². The molecule has 1 atom stereocenters. The zero-order valence-corrected chi connectivity index (χ0v) is 13.1. The van der Waals surface area contributed by atoms with Crippen LogP contribution in [0, 0.1) is 0 Å². The lowest BCUT2D eigenvalue weighted by Gasteiger charge is -2.26. The molecule has 2 aromatic rings. The lowest BCUT2D eigenvalue weighted by molar-refractivity contribution is -0.120. The number of benzene rings is 1. The summed E-state index contributed by atoms with van der Waals surface area (Å²) in [6, 6.07) is 10.9. The Balaban J connectivity index is 1.41. The van der Waals surface area contributed by atoms with Crippen LogP contribution < -0.4 is 20.1 Å². The van der Waals surface area contributed by atoms with Crippen LogP contribution in [0.2, 0.25) is 0 Å². The van der Waals surface area contributed by atoms with Gasteiger partial charge in [0.05, 0.1) is 18.0 Å². The topological polar surface area (TPSA) is 76.7 Å². The summed E-state index contributed by atoms with van der Waals surface area (Å²) in [6.07, 6.45) is -0.248. The number of thiophene rings is 1. The molecule has 0 fully saturated rings. The summed E-state index contributed by atoms with van der Waals surface area (Å²) >= 11 is 1.33. The second-order valence-electron chi connectivity index (χ2n) is 4.96. The first-order valence-electron chi connectivity index (χ1n) is 7.19. The average Bonchev–Trinajstić information content (AvgIpc) is 3.12. The molecule has 120 valence electrons. The lowest BCUT2D eigenvalue weighted by Crippen LogP contribution is -2.44. The van der Waals surface area contributed by atoms with Gasteiger partial charge in [-0.25, -0.2) is 0 Å². The Labute approximate surface area is 137 Å². The Kier molecular flexibility index (Phi) is 4.77. The number of ether oxygens (including phenoxy) is 2. The molecule has 3 rings (SSSR count). The number of para-hydroxylation sites is 2. The minimum absolute atomic E-state index is 0.0686. The van der Waals surface area contributed by atoms with Crippen LogP contribution in [0.25, 0.3) is 0 Å². The molecular formula is C16H16N2O4S. The first kappa shape index (κ1) is 15.4. The molecule has 2 N–H and O–H groups in total. The maximum atomic E-state index is 11.8. The van der Waals surface area contributed by atoms with Gasteiger partial charge in [0.1, 0.15) is 12.7 Å². The maximum absolute atomic E-state index is 11.8. The van der Waals surface area contributed by atoms with Gasteiger partial charge in [-0.2, -0.15) is 0 Å². The molecule has 0 bridgehead atoms. The van der Waals surface area contributed by atoms with E-state index in [1.165, 1.54) is 11.3 Å². The number of rotatable bonds is 5. The Bertz CT molecular complexity index is 687. The van der Waals surface area contributed by atoms with Gasteiger partial charge in [0.2, 0.25) is 5.91 Å². The molecular weight excluding hydrogens is 316 g/mol. The second kappa shape index (κ2) is 7.15. The molecule has 7 heteroatoms. The molecule has 0 unspecified atom stereocenters.